The number of halogens is 1. The van der Waals surface area contributed by atoms with Crippen molar-refractivity contribution in [2.24, 2.45) is 0 Å². The lowest BCUT2D eigenvalue weighted by Gasteiger charge is -2.36. The maximum atomic E-state index is 13.0. The Kier molecular flexibility index (Phi) is 5.50. The first kappa shape index (κ1) is 17.0. The number of aromatic nitrogens is 2. The Hall–Kier alpha value is -1.89. The maximum Gasteiger partial charge on any atom is 0.153 e. The van der Waals surface area contributed by atoms with Gasteiger partial charge in [-0.15, -0.1) is 0 Å². The van der Waals surface area contributed by atoms with Gasteiger partial charge in [0.05, 0.1) is 6.10 Å². The normalized spacial score (nSPS) is 21.8. The molecule has 128 valence electrons. The molecule has 0 saturated carbocycles. The molecule has 0 bridgehead atoms. The Labute approximate surface area is 141 Å². The van der Waals surface area contributed by atoms with Crippen LogP contribution in [0.15, 0.2) is 36.7 Å². The van der Waals surface area contributed by atoms with Crippen LogP contribution in [0.3, 0.4) is 0 Å². The van der Waals surface area contributed by atoms with Crippen LogP contribution < -0.4 is 0 Å². The molecule has 1 aliphatic heterocycles. The average Bonchev–Trinajstić information content (AvgIpc) is 2.58. The number of aliphatic hydroxyl groups is 1. The van der Waals surface area contributed by atoms with Crippen LogP contribution in [0.1, 0.15) is 29.3 Å². The highest BCUT2D eigenvalue weighted by Gasteiger charge is 2.28. The van der Waals surface area contributed by atoms with Gasteiger partial charge in [0, 0.05) is 44.1 Å². The number of aliphatic hydroxyl groups excluding tert-OH is 1. The molecule has 2 atom stereocenters. The molecule has 0 radical (unpaired) electrons. The van der Waals surface area contributed by atoms with Crippen LogP contribution in [0.5, 0.6) is 0 Å². The zero-order chi connectivity index (χ0) is 16.9. The maximum absolute atomic E-state index is 13.0. The van der Waals surface area contributed by atoms with Crippen LogP contribution >= 0.6 is 0 Å². The Bertz CT molecular complexity index is 648. The summed E-state index contributed by atoms with van der Waals surface area (Å²) in [6, 6.07) is 6.43. The van der Waals surface area contributed by atoms with E-state index < -0.39 is 6.10 Å². The molecule has 1 aromatic heterocycles. The van der Waals surface area contributed by atoms with E-state index in [0.717, 1.165) is 24.1 Å². The highest BCUT2D eigenvalue weighted by Crippen LogP contribution is 2.29. The van der Waals surface area contributed by atoms with Crippen molar-refractivity contribution in [3.05, 3.63) is 59.4 Å². The minimum atomic E-state index is -0.460. The van der Waals surface area contributed by atoms with Crippen LogP contribution in [0.2, 0.25) is 0 Å². The number of rotatable bonds is 5. The summed E-state index contributed by atoms with van der Waals surface area (Å²) in [4.78, 5) is 10.7. The lowest BCUT2D eigenvalue weighted by atomic mass is 9.87. The molecule has 3 rings (SSSR count). The monoisotopic (exact) mass is 331 g/mol. The van der Waals surface area contributed by atoms with E-state index in [2.05, 4.69) is 14.9 Å². The van der Waals surface area contributed by atoms with Crippen LogP contribution in [-0.2, 0) is 17.9 Å². The molecule has 0 amide bonds. The van der Waals surface area contributed by atoms with Crippen molar-refractivity contribution in [1.82, 2.24) is 14.9 Å². The summed E-state index contributed by atoms with van der Waals surface area (Å²) < 4.78 is 18.0. The molecule has 2 heterocycles. The van der Waals surface area contributed by atoms with Gasteiger partial charge in [-0.3, -0.25) is 4.90 Å². The van der Waals surface area contributed by atoms with Crippen molar-refractivity contribution >= 4 is 0 Å². The van der Waals surface area contributed by atoms with Crippen LogP contribution in [0, 0.1) is 5.82 Å². The standard InChI is InChI=1S/C18H22FN3O2/c1-24-12-18-20-8-13(9-21-18)10-22-7-6-16(17(23)11-22)14-2-4-15(19)5-3-14/h2-5,8-9,16-17,23H,6-7,10-12H2,1H3/t16-,17+/m1/s1. The molecule has 1 fully saturated rings. The van der Waals surface area contributed by atoms with E-state index >= 15 is 0 Å². The van der Waals surface area contributed by atoms with E-state index in [1.165, 1.54) is 12.1 Å². The third-order valence-corrected chi connectivity index (χ3v) is 4.40. The van der Waals surface area contributed by atoms with E-state index in [1.807, 2.05) is 0 Å². The highest BCUT2D eigenvalue weighted by atomic mass is 19.1. The van der Waals surface area contributed by atoms with Gasteiger partial charge in [-0.2, -0.15) is 0 Å². The topological polar surface area (TPSA) is 58.5 Å². The predicted octanol–water partition coefficient (Wildman–Crippen LogP) is 2.11. The number of nitrogens with zero attached hydrogens (tertiary/aromatic N) is 3. The molecule has 2 aromatic rings. The summed E-state index contributed by atoms with van der Waals surface area (Å²) >= 11 is 0. The number of methoxy groups -OCH3 is 1. The van der Waals surface area contributed by atoms with Crippen molar-refractivity contribution in [2.45, 2.75) is 31.6 Å². The second kappa shape index (κ2) is 7.79. The second-order valence-corrected chi connectivity index (χ2v) is 6.19. The Morgan fingerprint density at radius 3 is 2.58 bits per heavy atom. The van der Waals surface area contributed by atoms with Gasteiger partial charge in [-0.05, 0) is 30.7 Å². The predicted molar refractivity (Wildman–Crippen MR) is 87.8 cm³/mol. The molecule has 1 saturated heterocycles. The minimum Gasteiger partial charge on any atom is -0.391 e. The average molecular weight is 331 g/mol. The van der Waals surface area contributed by atoms with Gasteiger partial charge in [0.2, 0.25) is 0 Å². The van der Waals surface area contributed by atoms with Crippen molar-refractivity contribution < 1.29 is 14.2 Å². The van der Waals surface area contributed by atoms with E-state index in [4.69, 9.17) is 4.74 Å². The first-order valence-corrected chi connectivity index (χ1v) is 8.10. The molecular weight excluding hydrogens is 309 g/mol. The highest BCUT2D eigenvalue weighted by molar-refractivity contribution is 5.22. The van der Waals surface area contributed by atoms with Gasteiger partial charge in [0.1, 0.15) is 12.4 Å². The van der Waals surface area contributed by atoms with E-state index in [1.54, 1.807) is 31.6 Å². The Morgan fingerprint density at radius 2 is 1.96 bits per heavy atom. The van der Waals surface area contributed by atoms with Crippen molar-refractivity contribution in [3.8, 4) is 0 Å². The van der Waals surface area contributed by atoms with Crippen molar-refractivity contribution in [2.75, 3.05) is 20.2 Å². The van der Waals surface area contributed by atoms with Gasteiger partial charge in [0.15, 0.2) is 5.82 Å². The summed E-state index contributed by atoms with van der Waals surface area (Å²) in [6.45, 7) is 2.57. The molecule has 0 spiro atoms. The Balaban J connectivity index is 1.58. The molecule has 0 unspecified atom stereocenters. The number of hydrogen-bond donors (Lipinski definition) is 1. The van der Waals surface area contributed by atoms with E-state index in [0.29, 0.717) is 25.5 Å². The third kappa shape index (κ3) is 4.14. The molecule has 1 aromatic carbocycles. The van der Waals surface area contributed by atoms with Crippen LogP contribution in [0.25, 0.3) is 0 Å². The van der Waals surface area contributed by atoms with E-state index in [9.17, 15) is 9.50 Å². The summed E-state index contributed by atoms with van der Waals surface area (Å²) in [5, 5.41) is 10.5. The number of piperidine rings is 1. The molecule has 6 heteroatoms. The molecule has 1 N–H and O–H groups in total. The lowest BCUT2D eigenvalue weighted by Crippen LogP contribution is -2.42. The fourth-order valence-electron chi connectivity index (χ4n) is 3.16. The van der Waals surface area contributed by atoms with Gasteiger partial charge < -0.3 is 9.84 Å². The van der Waals surface area contributed by atoms with Gasteiger partial charge in [-0.25, -0.2) is 14.4 Å². The fraction of sp³-hybridized carbons (Fsp3) is 0.444. The number of benzene rings is 1. The number of β-amino-alcohol motifs (C(OH)–C–C–N with tert-alkyl or cyclic N) is 1. The van der Waals surface area contributed by atoms with Gasteiger partial charge in [-0.1, -0.05) is 12.1 Å². The molecule has 1 aliphatic rings. The van der Waals surface area contributed by atoms with E-state index in [-0.39, 0.29) is 11.7 Å². The molecule has 5 nitrogen and oxygen atoms in total. The van der Waals surface area contributed by atoms with Crippen molar-refractivity contribution in [1.29, 1.82) is 0 Å². The summed E-state index contributed by atoms with van der Waals surface area (Å²) in [5.74, 6) is 0.473. The van der Waals surface area contributed by atoms with Crippen LogP contribution in [-0.4, -0.2) is 46.3 Å². The zero-order valence-electron chi connectivity index (χ0n) is 13.7. The molecule has 24 heavy (non-hydrogen) atoms. The number of ether oxygens (including phenoxy) is 1. The Morgan fingerprint density at radius 1 is 1.25 bits per heavy atom. The van der Waals surface area contributed by atoms with Gasteiger partial charge in [0.25, 0.3) is 0 Å². The minimum absolute atomic E-state index is 0.0576. The fourth-order valence-corrected chi connectivity index (χ4v) is 3.16. The summed E-state index contributed by atoms with van der Waals surface area (Å²) in [5.41, 5.74) is 2.01. The summed E-state index contributed by atoms with van der Waals surface area (Å²) in [6.07, 6.45) is 3.99. The van der Waals surface area contributed by atoms with Crippen LogP contribution in [0.4, 0.5) is 4.39 Å². The molecule has 0 aliphatic carbocycles. The second-order valence-electron chi connectivity index (χ2n) is 6.19. The first-order valence-electron chi connectivity index (χ1n) is 8.10. The molecular formula is C18H22FN3O2. The lowest BCUT2D eigenvalue weighted by molar-refractivity contribution is 0.0475. The number of hydrogen-bond acceptors (Lipinski definition) is 5. The van der Waals surface area contributed by atoms with Crippen molar-refractivity contribution in [3.63, 3.8) is 0 Å². The largest absolute Gasteiger partial charge is 0.391 e. The SMILES string of the molecule is COCc1ncc(CN2CC[C@H](c3ccc(F)cc3)[C@@H](O)C2)cn1. The number of likely N-dealkylation sites (tertiary alicyclic amines) is 1. The van der Waals surface area contributed by atoms with Gasteiger partial charge >= 0.3 is 0 Å². The third-order valence-electron chi connectivity index (χ3n) is 4.40. The smallest absolute Gasteiger partial charge is 0.153 e. The quantitative estimate of drug-likeness (QED) is 0.909. The first-order chi connectivity index (χ1) is 11.7. The summed E-state index contributed by atoms with van der Waals surface area (Å²) in [7, 11) is 1.62. The zero-order valence-corrected chi connectivity index (χ0v) is 13.7.